The van der Waals surface area contributed by atoms with Crippen molar-refractivity contribution in [3.8, 4) is 11.5 Å². The third-order valence-electron chi connectivity index (χ3n) is 3.64. The lowest BCUT2D eigenvalue weighted by Gasteiger charge is -2.03. The van der Waals surface area contributed by atoms with Crippen LogP contribution in [-0.4, -0.2) is 25.1 Å². The quantitative estimate of drug-likeness (QED) is 0.738. The lowest BCUT2D eigenvalue weighted by atomic mass is 10.1. The molecule has 1 heterocycles. The van der Waals surface area contributed by atoms with Crippen molar-refractivity contribution in [2.75, 3.05) is 19.5 Å². The van der Waals surface area contributed by atoms with Gasteiger partial charge in [-0.05, 0) is 24.1 Å². The summed E-state index contributed by atoms with van der Waals surface area (Å²) >= 11 is 1.38. The molecule has 3 aromatic rings. The molecule has 24 heavy (non-hydrogen) atoms. The lowest BCUT2D eigenvalue weighted by Crippen LogP contribution is -2.12. The van der Waals surface area contributed by atoms with E-state index in [0.29, 0.717) is 35.0 Å². The molecule has 0 aliphatic heterocycles. The average Bonchev–Trinajstić information content (AvgIpc) is 3.03. The van der Waals surface area contributed by atoms with E-state index in [1.54, 1.807) is 14.2 Å². The molecular weight excluding hydrogens is 324 g/mol. The van der Waals surface area contributed by atoms with Crippen LogP contribution >= 0.6 is 11.3 Å². The molecule has 0 spiro atoms. The second-order valence-electron chi connectivity index (χ2n) is 5.20. The van der Waals surface area contributed by atoms with Gasteiger partial charge in [0.05, 0.1) is 14.2 Å². The van der Waals surface area contributed by atoms with Gasteiger partial charge in [0.15, 0.2) is 5.13 Å². The van der Waals surface area contributed by atoms with E-state index in [4.69, 9.17) is 9.47 Å². The summed E-state index contributed by atoms with van der Waals surface area (Å²) in [5.74, 6) is 1.32. The molecule has 0 radical (unpaired) electrons. The monoisotopic (exact) mass is 342 g/mol. The number of nitrogens with one attached hydrogen (secondary N) is 1. The molecular formula is C18H18N2O3S. The van der Waals surface area contributed by atoms with Crippen LogP contribution in [0.15, 0.2) is 42.5 Å². The van der Waals surface area contributed by atoms with Crippen LogP contribution in [0.25, 0.3) is 10.2 Å². The largest absolute Gasteiger partial charge is 0.495 e. The van der Waals surface area contributed by atoms with E-state index in [-0.39, 0.29) is 5.91 Å². The van der Waals surface area contributed by atoms with E-state index in [9.17, 15) is 4.79 Å². The Bertz CT molecular complexity index is 805. The number of amides is 1. The van der Waals surface area contributed by atoms with Crippen LogP contribution < -0.4 is 14.8 Å². The number of rotatable bonds is 6. The summed E-state index contributed by atoms with van der Waals surface area (Å²) in [6.45, 7) is 0. The molecule has 0 atom stereocenters. The number of hydrogen-bond acceptors (Lipinski definition) is 5. The molecule has 124 valence electrons. The van der Waals surface area contributed by atoms with Gasteiger partial charge in [0.1, 0.15) is 21.7 Å². The maximum absolute atomic E-state index is 12.2. The van der Waals surface area contributed by atoms with Crippen molar-refractivity contribution in [1.29, 1.82) is 0 Å². The fraction of sp³-hybridized carbons (Fsp3) is 0.222. The Kier molecular flexibility index (Phi) is 4.96. The van der Waals surface area contributed by atoms with Gasteiger partial charge in [-0.15, -0.1) is 0 Å². The molecule has 0 saturated heterocycles. The minimum atomic E-state index is -0.0594. The van der Waals surface area contributed by atoms with Crippen LogP contribution in [0.5, 0.6) is 11.5 Å². The van der Waals surface area contributed by atoms with Gasteiger partial charge in [-0.25, -0.2) is 4.98 Å². The molecule has 3 rings (SSSR count). The average molecular weight is 342 g/mol. The molecule has 5 nitrogen and oxygen atoms in total. The SMILES string of the molecule is COc1ccc(OC)c2sc(NC(=O)CCc3ccccc3)nc12. The van der Waals surface area contributed by atoms with Crippen molar-refractivity contribution in [3.05, 3.63) is 48.0 Å². The number of anilines is 1. The second kappa shape index (κ2) is 7.31. The summed E-state index contributed by atoms with van der Waals surface area (Å²) in [5.41, 5.74) is 1.83. The van der Waals surface area contributed by atoms with Crippen molar-refractivity contribution >= 4 is 32.6 Å². The van der Waals surface area contributed by atoms with Gasteiger partial charge < -0.3 is 14.8 Å². The Morgan fingerprint density at radius 3 is 2.50 bits per heavy atom. The highest BCUT2D eigenvalue weighted by Gasteiger charge is 2.15. The molecule has 1 aromatic heterocycles. The first-order valence-corrected chi connectivity index (χ1v) is 8.38. The third-order valence-corrected chi connectivity index (χ3v) is 4.63. The zero-order valence-electron chi connectivity index (χ0n) is 13.5. The zero-order chi connectivity index (χ0) is 16.9. The highest BCUT2D eigenvalue weighted by Crippen LogP contribution is 2.38. The smallest absolute Gasteiger partial charge is 0.226 e. The van der Waals surface area contributed by atoms with Gasteiger partial charge in [-0.1, -0.05) is 41.7 Å². The van der Waals surface area contributed by atoms with E-state index in [1.807, 2.05) is 42.5 Å². The number of ether oxygens (including phenoxy) is 2. The molecule has 0 unspecified atom stereocenters. The number of carbonyl (C=O) groups is 1. The highest BCUT2D eigenvalue weighted by molar-refractivity contribution is 7.22. The number of aryl methyl sites for hydroxylation is 1. The highest BCUT2D eigenvalue weighted by atomic mass is 32.1. The number of thiazole rings is 1. The summed E-state index contributed by atoms with van der Waals surface area (Å²) in [4.78, 5) is 16.6. The van der Waals surface area contributed by atoms with Crippen molar-refractivity contribution in [2.45, 2.75) is 12.8 Å². The first kappa shape index (κ1) is 16.3. The molecule has 0 aliphatic rings. The van der Waals surface area contributed by atoms with Crippen LogP contribution in [-0.2, 0) is 11.2 Å². The van der Waals surface area contributed by atoms with Crippen molar-refractivity contribution < 1.29 is 14.3 Å². The Morgan fingerprint density at radius 1 is 1.08 bits per heavy atom. The Hall–Kier alpha value is -2.60. The van der Waals surface area contributed by atoms with Gasteiger partial charge in [0, 0.05) is 6.42 Å². The van der Waals surface area contributed by atoms with Crippen LogP contribution in [0.1, 0.15) is 12.0 Å². The van der Waals surface area contributed by atoms with Gasteiger partial charge in [0.25, 0.3) is 0 Å². The fourth-order valence-corrected chi connectivity index (χ4v) is 3.41. The molecule has 0 fully saturated rings. The van der Waals surface area contributed by atoms with Crippen LogP contribution in [0.3, 0.4) is 0 Å². The topological polar surface area (TPSA) is 60.5 Å². The van der Waals surface area contributed by atoms with Crippen LogP contribution in [0.4, 0.5) is 5.13 Å². The number of hydrogen-bond donors (Lipinski definition) is 1. The maximum atomic E-state index is 12.2. The van der Waals surface area contributed by atoms with Crippen molar-refractivity contribution in [3.63, 3.8) is 0 Å². The number of methoxy groups -OCH3 is 2. The first-order valence-electron chi connectivity index (χ1n) is 7.56. The summed E-state index contributed by atoms with van der Waals surface area (Å²) in [6.07, 6.45) is 1.11. The van der Waals surface area contributed by atoms with Gasteiger partial charge in [-0.3, -0.25) is 4.79 Å². The first-order chi connectivity index (χ1) is 11.7. The summed E-state index contributed by atoms with van der Waals surface area (Å²) in [5, 5.41) is 3.41. The normalized spacial score (nSPS) is 10.6. The summed E-state index contributed by atoms with van der Waals surface area (Å²) < 4.78 is 11.5. The Morgan fingerprint density at radius 2 is 1.79 bits per heavy atom. The Balaban J connectivity index is 1.74. The van der Waals surface area contributed by atoms with Crippen molar-refractivity contribution in [2.24, 2.45) is 0 Å². The molecule has 0 saturated carbocycles. The zero-order valence-corrected chi connectivity index (χ0v) is 14.4. The lowest BCUT2D eigenvalue weighted by molar-refractivity contribution is -0.116. The molecule has 0 aliphatic carbocycles. The number of fused-ring (bicyclic) bond motifs is 1. The molecule has 1 N–H and O–H groups in total. The predicted octanol–water partition coefficient (Wildman–Crippen LogP) is 3.88. The van der Waals surface area contributed by atoms with Crippen molar-refractivity contribution in [1.82, 2.24) is 4.98 Å². The van der Waals surface area contributed by atoms with E-state index in [2.05, 4.69) is 10.3 Å². The second-order valence-corrected chi connectivity index (χ2v) is 6.20. The standard InChI is InChI=1S/C18H18N2O3S/c1-22-13-9-10-14(23-2)17-16(13)20-18(24-17)19-15(21)11-8-12-6-4-3-5-7-12/h3-7,9-10H,8,11H2,1-2H3,(H,19,20,21). The minimum Gasteiger partial charge on any atom is -0.495 e. The number of carbonyl (C=O) groups excluding carboxylic acids is 1. The summed E-state index contributed by atoms with van der Waals surface area (Å²) in [7, 11) is 3.21. The predicted molar refractivity (Wildman–Crippen MR) is 96.1 cm³/mol. The van der Waals surface area contributed by atoms with E-state index >= 15 is 0 Å². The van der Waals surface area contributed by atoms with E-state index < -0.39 is 0 Å². The molecule has 2 aromatic carbocycles. The van der Waals surface area contributed by atoms with E-state index in [0.717, 1.165) is 10.3 Å². The van der Waals surface area contributed by atoms with E-state index in [1.165, 1.54) is 11.3 Å². The minimum absolute atomic E-state index is 0.0594. The van der Waals surface area contributed by atoms with Crippen LogP contribution in [0, 0.1) is 0 Å². The van der Waals surface area contributed by atoms with Gasteiger partial charge in [-0.2, -0.15) is 0 Å². The number of nitrogens with zero attached hydrogens (tertiary/aromatic N) is 1. The number of aromatic nitrogens is 1. The Labute approximate surface area is 144 Å². The molecule has 1 amide bonds. The maximum Gasteiger partial charge on any atom is 0.226 e. The summed E-state index contributed by atoms with van der Waals surface area (Å²) in [6, 6.07) is 13.6. The van der Waals surface area contributed by atoms with Gasteiger partial charge >= 0.3 is 0 Å². The molecule has 6 heteroatoms. The van der Waals surface area contributed by atoms with Crippen LogP contribution in [0.2, 0.25) is 0 Å². The van der Waals surface area contributed by atoms with Gasteiger partial charge in [0.2, 0.25) is 5.91 Å². The number of benzene rings is 2. The molecule has 0 bridgehead atoms. The fourth-order valence-electron chi connectivity index (χ4n) is 2.42. The third kappa shape index (κ3) is 3.49.